The summed E-state index contributed by atoms with van der Waals surface area (Å²) < 4.78 is 1.97. The molecule has 3 heterocycles. The van der Waals surface area contributed by atoms with Gasteiger partial charge in [0.15, 0.2) is 0 Å². The van der Waals surface area contributed by atoms with Crippen molar-refractivity contribution >= 4 is 11.7 Å². The Labute approximate surface area is 183 Å². The van der Waals surface area contributed by atoms with Crippen molar-refractivity contribution in [3.05, 3.63) is 30.6 Å². The molecule has 4 saturated carbocycles. The van der Waals surface area contributed by atoms with Gasteiger partial charge in [0.25, 0.3) is 0 Å². The Balaban J connectivity index is 1.09. The normalized spacial score (nSPS) is 32.0. The van der Waals surface area contributed by atoms with Gasteiger partial charge in [0, 0.05) is 51.1 Å². The topological polar surface area (TPSA) is 67.2 Å². The molecule has 7 heteroatoms. The number of aromatic nitrogens is 4. The van der Waals surface area contributed by atoms with Gasteiger partial charge in [0.05, 0.1) is 0 Å². The summed E-state index contributed by atoms with van der Waals surface area (Å²) in [5.74, 6) is 5.77. The van der Waals surface area contributed by atoms with Crippen LogP contribution < -0.4 is 4.90 Å². The number of hydrogen-bond acceptors (Lipinski definition) is 5. The minimum atomic E-state index is 0.327. The summed E-state index contributed by atoms with van der Waals surface area (Å²) in [6, 6.07) is 2.02. The van der Waals surface area contributed by atoms with Crippen molar-refractivity contribution < 1.29 is 4.79 Å². The number of hydrogen-bond donors (Lipinski definition) is 0. The summed E-state index contributed by atoms with van der Waals surface area (Å²) in [7, 11) is 0. The van der Waals surface area contributed by atoms with Crippen molar-refractivity contribution in [2.75, 3.05) is 31.1 Å². The van der Waals surface area contributed by atoms with Crippen LogP contribution in [0.5, 0.6) is 0 Å². The predicted molar refractivity (Wildman–Crippen MR) is 118 cm³/mol. The molecular formula is C24H32N6O. The van der Waals surface area contributed by atoms with E-state index in [9.17, 15) is 4.79 Å². The number of aryl methyl sites for hydroxylation is 1. The molecule has 31 heavy (non-hydrogen) atoms. The number of anilines is 1. The molecule has 1 saturated heterocycles. The minimum Gasteiger partial charge on any atom is -0.353 e. The van der Waals surface area contributed by atoms with E-state index >= 15 is 0 Å². The molecule has 0 aromatic carbocycles. The van der Waals surface area contributed by atoms with E-state index in [1.807, 2.05) is 23.8 Å². The van der Waals surface area contributed by atoms with Gasteiger partial charge in [-0.3, -0.25) is 9.36 Å². The van der Waals surface area contributed by atoms with Crippen molar-refractivity contribution in [1.82, 2.24) is 24.4 Å². The van der Waals surface area contributed by atoms with E-state index in [-0.39, 0.29) is 0 Å². The lowest BCUT2D eigenvalue weighted by atomic mass is 9.49. The number of rotatable bonds is 4. The molecule has 7 rings (SSSR count). The predicted octanol–water partition coefficient (Wildman–Crippen LogP) is 3.23. The summed E-state index contributed by atoms with van der Waals surface area (Å²) in [6.45, 7) is 5.19. The van der Waals surface area contributed by atoms with Crippen molar-refractivity contribution in [2.24, 2.45) is 23.2 Å². The molecule has 0 unspecified atom stereocenters. The van der Waals surface area contributed by atoms with Crippen LogP contribution in [0.15, 0.2) is 24.8 Å². The smallest absolute Gasteiger partial charge is 0.223 e. The second-order valence-electron chi connectivity index (χ2n) is 10.5. The molecule has 0 spiro atoms. The molecule has 7 nitrogen and oxygen atoms in total. The fourth-order valence-corrected chi connectivity index (χ4v) is 7.39. The second kappa shape index (κ2) is 7.31. The van der Waals surface area contributed by atoms with Gasteiger partial charge in [-0.05, 0) is 68.6 Å². The van der Waals surface area contributed by atoms with Gasteiger partial charge in [0.2, 0.25) is 5.91 Å². The Bertz CT molecular complexity index is 941. The lowest BCUT2D eigenvalue weighted by molar-refractivity contribution is -0.139. The Morgan fingerprint density at radius 1 is 0.968 bits per heavy atom. The molecule has 2 aromatic heterocycles. The number of amides is 1. The van der Waals surface area contributed by atoms with Crippen LogP contribution in [-0.4, -0.2) is 56.5 Å². The largest absolute Gasteiger partial charge is 0.353 e. The van der Waals surface area contributed by atoms with E-state index < -0.39 is 0 Å². The van der Waals surface area contributed by atoms with E-state index in [0.29, 0.717) is 11.3 Å². The van der Waals surface area contributed by atoms with Crippen LogP contribution >= 0.6 is 0 Å². The van der Waals surface area contributed by atoms with Crippen LogP contribution in [0.2, 0.25) is 0 Å². The van der Waals surface area contributed by atoms with E-state index in [1.165, 1.54) is 38.5 Å². The third kappa shape index (κ3) is 3.52. The standard InChI is InChI=1S/C24H32N6O/c1-17-25-2-3-30(17)22-11-21(26-16-27-22)28-4-6-29(7-5-28)23(31)15-24-12-18-8-19(13-24)10-20(9-18)14-24/h2-3,11,16,18-20H,4-10,12-15H2,1H3. The van der Waals surface area contributed by atoms with Crippen molar-refractivity contribution in [1.29, 1.82) is 0 Å². The highest BCUT2D eigenvalue weighted by Gasteiger charge is 2.51. The van der Waals surface area contributed by atoms with Gasteiger partial charge >= 0.3 is 0 Å². The zero-order valence-electron chi connectivity index (χ0n) is 18.4. The van der Waals surface area contributed by atoms with Gasteiger partial charge in [0.1, 0.15) is 23.8 Å². The van der Waals surface area contributed by atoms with E-state index in [2.05, 4.69) is 24.8 Å². The highest BCUT2D eigenvalue weighted by atomic mass is 16.2. The number of piperazine rings is 1. The summed E-state index contributed by atoms with van der Waals surface area (Å²) in [4.78, 5) is 30.8. The second-order valence-corrected chi connectivity index (χ2v) is 10.5. The maximum atomic E-state index is 13.2. The fraction of sp³-hybridized carbons (Fsp3) is 0.667. The van der Waals surface area contributed by atoms with E-state index in [1.54, 1.807) is 12.5 Å². The number of nitrogens with zero attached hydrogens (tertiary/aromatic N) is 6. The highest BCUT2D eigenvalue weighted by Crippen LogP contribution is 2.61. The zero-order chi connectivity index (χ0) is 21.0. The van der Waals surface area contributed by atoms with E-state index in [4.69, 9.17) is 0 Å². The Morgan fingerprint density at radius 3 is 2.23 bits per heavy atom. The van der Waals surface area contributed by atoms with Crippen LogP contribution in [-0.2, 0) is 4.79 Å². The summed E-state index contributed by atoms with van der Waals surface area (Å²) in [5.41, 5.74) is 0.327. The third-order valence-electron chi connectivity index (χ3n) is 8.36. The van der Waals surface area contributed by atoms with Crippen LogP contribution in [0.1, 0.15) is 50.8 Å². The fourth-order valence-electron chi connectivity index (χ4n) is 7.39. The van der Waals surface area contributed by atoms with Crippen LogP contribution in [0, 0.1) is 30.1 Å². The molecule has 1 amide bonds. The quantitative estimate of drug-likeness (QED) is 0.760. The van der Waals surface area contributed by atoms with Crippen molar-refractivity contribution in [3.63, 3.8) is 0 Å². The molecule has 2 aromatic rings. The van der Waals surface area contributed by atoms with Crippen LogP contribution in [0.4, 0.5) is 5.82 Å². The average Bonchev–Trinajstić information content (AvgIpc) is 3.18. The van der Waals surface area contributed by atoms with Crippen molar-refractivity contribution in [2.45, 2.75) is 51.9 Å². The van der Waals surface area contributed by atoms with E-state index in [0.717, 1.165) is 67.8 Å². The molecule has 0 atom stereocenters. The first-order valence-electron chi connectivity index (χ1n) is 11.9. The number of imidazole rings is 1. The number of carbonyl (C=O) groups excluding carboxylic acids is 1. The summed E-state index contributed by atoms with van der Waals surface area (Å²) in [6.07, 6.45) is 14.3. The number of carbonyl (C=O) groups is 1. The van der Waals surface area contributed by atoms with Crippen LogP contribution in [0.3, 0.4) is 0 Å². The third-order valence-corrected chi connectivity index (χ3v) is 8.36. The first-order valence-corrected chi connectivity index (χ1v) is 11.9. The van der Waals surface area contributed by atoms with Gasteiger partial charge in [-0.25, -0.2) is 15.0 Å². The zero-order valence-corrected chi connectivity index (χ0v) is 18.4. The Morgan fingerprint density at radius 2 is 1.61 bits per heavy atom. The van der Waals surface area contributed by atoms with Gasteiger partial charge < -0.3 is 9.80 Å². The SMILES string of the molecule is Cc1nccn1-c1cc(N2CCN(C(=O)CC34CC5CC(CC(C5)C3)C4)CC2)ncn1. The average molecular weight is 421 g/mol. The molecular weight excluding hydrogens is 388 g/mol. The van der Waals surface area contributed by atoms with Gasteiger partial charge in [-0.1, -0.05) is 0 Å². The molecule has 1 aliphatic heterocycles. The summed E-state index contributed by atoms with van der Waals surface area (Å²) >= 11 is 0. The molecule has 5 fully saturated rings. The highest BCUT2D eigenvalue weighted by molar-refractivity contribution is 5.77. The Hall–Kier alpha value is -2.44. The lowest BCUT2D eigenvalue weighted by Crippen LogP contribution is -2.52. The summed E-state index contributed by atoms with van der Waals surface area (Å²) in [5, 5.41) is 0. The monoisotopic (exact) mass is 420 g/mol. The van der Waals surface area contributed by atoms with Gasteiger partial charge in [-0.15, -0.1) is 0 Å². The van der Waals surface area contributed by atoms with Gasteiger partial charge in [-0.2, -0.15) is 0 Å². The maximum Gasteiger partial charge on any atom is 0.223 e. The minimum absolute atomic E-state index is 0.327. The molecule has 0 radical (unpaired) electrons. The molecule has 4 bridgehead atoms. The molecule has 4 aliphatic carbocycles. The van der Waals surface area contributed by atoms with Crippen LogP contribution in [0.25, 0.3) is 5.82 Å². The molecule has 5 aliphatic rings. The first kappa shape index (κ1) is 19.3. The Kier molecular flexibility index (Phi) is 4.54. The molecule has 0 N–H and O–H groups in total. The lowest BCUT2D eigenvalue weighted by Gasteiger charge is -2.57. The maximum absolute atomic E-state index is 13.2. The first-order chi connectivity index (χ1) is 15.1. The molecule has 164 valence electrons. The van der Waals surface area contributed by atoms with Crippen molar-refractivity contribution in [3.8, 4) is 5.82 Å².